The van der Waals surface area contributed by atoms with Crippen molar-refractivity contribution < 1.29 is 4.92 Å². The fourth-order valence-electron chi connectivity index (χ4n) is 3.01. The first-order chi connectivity index (χ1) is 10.2. The zero-order valence-electron chi connectivity index (χ0n) is 12.8. The lowest BCUT2D eigenvalue weighted by Gasteiger charge is -2.30. The Bertz CT molecular complexity index is 459. The lowest BCUT2D eigenvalue weighted by molar-refractivity contribution is -0.385. The standard InChI is InChI=1S/C16H25N3O2/c1-2-11-18(13-15-8-5-6-10-17-15)12-14-7-3-4-9-16(14)19(20)21/h3-4,7,9,15,17H,2,5-6,8,10-13H2,1H3. The fraction of sp³-hybridized carbons (Fsp3) is 0.625. The van der Waals surface area contributed by atoms with Gasteiger partial charge in [0.05, 0.1) is 4.92 Å². The van der Waals surface area contributed by atoms with Crippen LogP contribution in [0.5, 0.6) is 0 Å². The van der Waals surface area contributed by atoms with E-state index >= 15 is 0 Å². The number of nitro groups is 1. The number of hydrogen-bond acceptors (Lipinski definition) is 4. The number of nitro benzene ring substituents is 1. The number of benzene rings is 1. The molecule has 1 aromatic carbocycles. The molecule has 1 atom stereocenters. The van der Waals surface area contributed by atoms with Crippen LogP contribution in [0.15, 0.2) is 24.3 Å². The van der Waals surface area contributed by atoms with Crippen molar-refractivity contribution in [2.24, 2.45) is 0 Å². The summed E-state index contributed by atoms with van der Waals surface area (Å²) in [5.41, 5.74) is 1.04. The largest absolute Gasteiger partial charge is 0.313 e. The molecule has 0 bridgehead atoms. The highest BCUT2D eigenvalue weighted by molar-refractivity contribution is 5.39. The first kappa shape index (κ1) is 15.9. The van der Waals surface area contributed by atoms with E-state index in [0.717, 1.165) is 31.6 Å². The van der Waals surface area contributed by atoms with E-state index in [-0.39, 0.29) is 10.6 Å². The molecule has 1 aliphatic heterocycles. The van der Waals surface area contributed by atoms with Gasteiger partial charge in [0, 0.05) is 30.8 Å². The molecule has 0 spiro atoms. The monoisotopic (exact) mass is 291 g/mol. The van der Waals surface area contributed by atoms with Crippen molar-refractivity contribution in [1.29, 1.82) is 0 Å². The van der Waals surface area contributed by atoms with Gasteiger partial charge in [-0.25, -0.2) is 0 Å². The molecule has 5 nitrogen and oxygen atoms in total. The van der Waals surface area contributed by atoms with E-state index in [2.05, 4.69) is 17.1 Å². The molecule has 1 heterocycles. The topological polar surface area (TPSA) is 58.4 Å². The van der Waals surface area contributed by atoms with Crippen LogP contribution in [0.25, 0.3) is 0 Å². The van der Waals surface area contributed by atoms with Gasteiger partial charge in [0.2, 0.25) is 0 Å². The van der Waals surface area contributed by atoms with Gasteiger partial charge in [-0.1, -0.05) is 31.5 Å². The first-order valence-electron chi connectivity index (χ1n) is 7.88. The number of rotatable bonds is 7. The summed E-state index contributed by atoms with van der Waals surface area (Å²) in [6, 6.07) is 7.60. The maximum Gasteiger partial charge on any atom is 0.273 e. The summed E-state index contributed by atoms with van der Waals surface area (Å²) in [4.78, 5) is 13.2. The summed E-state index contributed by atoms with van der Waals surface area (Å²) in [6.45, 7) is 5.85. The van der Waals surface area contributed by atoms with Crippen LogP contribution in [0.1, 0.15) is 38.2 Å². The Hall–Kier alpha value is -1.46. The minimum Gasteiger partial charge on any atom is -0.313 e. The normalized spacial score (nSPS) is 18.9. The van der Waals surface area contributed by atoms with Crippen LogP contribution in [0.3, 0.4) is 0 Å². The molecule has 1 fully saturated rings. The van der Waals surface area contributed by atoms with Crippen LogP contribution in [-0.2, 0) is 6.54 Å². The van der Waals surface area contributed by atoms with Crippen molar-refractivity contribution in [3.63, 3.8) is 0 Å². The maximum absolute atomic E-state index is 11.1. The molecule has 5 heteroatoms. The Morgan fingerprint density at radius 3 is 2.86 bits per heavy atom. The first-order valence-corrected chi connectivity index (χ1v) is 7.88. The average molecular weight is 291 g/mol. The Morgan fingerprint density at radius 2 is 2.19 bits per heavy atom. The fourth-order valence-corrected chi connectivity index (χ4v) is 3.01. The van der Waals surface area contributed by atoms with Crippen LogP contribution < -0.4 is 5.32 Å². The van der Waals surface area contributed by atoms with Gasteiger partial charge in [-0.2, -0.15) is 0 Å². The van der Waals surface area contributed by atoms with Gasteiger partial charge in [-0.3, -0.25) is 15.0 Å². The Labute approximate surface area is 126 Å². The van der Waals surface area contributed by atoms with Gasteiger partial charge in [-0.05, 0) is 32.4 Å². The van der Waals surface area contributed by atoms with E-state index < -0.39 is 0 Å². The van der Waals surface area contributed by atoms with Gasteiger partial charge in [-0.15, -0.1) is 0 Å². The van der Waals surface area contributed by atoms with E-state index in [0.29, 0.717) is 12.6 Å². The van der Waals surface area contributed by atoms with Crippen LogP contribution in [-0.4, -0.2) is 35.5 Å². The van der Waals surface area contributed by atoms with Gasteiger partial charge in [0.15, 0.2) is 0 Å². The second kappa shape index (κ2) is 8.10. The highest BCUT2D eigenvalue weighted by Gasteiger charge is 2.19. The molecule has 1 unspecified atom stereocenters. The van der Waals surface area contributed by atoms with E-state index in [9.17, 15) is 10.1 Å². The van der Waals surface area contributed by atoms with Gasteiger partial charge in [0.1, 0.15) is 0 Å². The third-order valence-electron chi connectivity index (χ3n) is 4.01. The predicted octanol–water partition coefficient (Wildman–Crippen LogP) is 2.95. The van der Waals surface area contributed by atoms with Gasteiger partial charge >= 0.3 is 0 Å². The molecule has 1 aliphatic rings. The van der Waals surface area contributed by atoms with Crippen LogP contribution >= 0.6 is 0 Å². The van der Waals surface area contributed by atoms with Crippen molar-refractivity contribution >= 4 is 5.69 Å². The van der Waals surface area contributed by atoms with E-state index in [1.807, 2.05) is 12.1 Å². The summed E-state index contributed by atoms with van der Waals surface area (Å²) < 4.78 is 0. The van der Waals surface area contributed by atoms with Crippen molar-refractivity contribution in [1.82, 2.24) is 10.2 Å². The second-order valence-electron chi connectivity index (χ2n) is 5.77. The average Bonchev–Trinajstić information content (AvgIpc) is 2.49. The molecule has 1 N–H and O–H groups in total. The molecular formula is C16H25N3O2. The Kier molecular flexibility index (Phi) is 6.14. The molecule has 1 aromatic rings. The molecule has 0 aliphatic carbocycles. The summed E-state index contributed by atoms with van der Waals surface area (Å²) in [5.74, 6) is 0. The predicted molar refractivity (Wildman–Crippen MR) is 84.3 cm³/mol. The number of nitrogens with zero attached hydrogens (tertiary/aromatic N) is 2. The minimum absolute atomic E-state index is 0.232. The molecule has 116 valence electrons. The highest BCUT2D eigenvalue weighted by atomic mass is 16.6. The number of piperidine rings is 1. The van der Waals surface area contributed by atoms with E-state index in [1.54, 1.807) is 12.1 Å². The molecule has 0 saturated carbocycles. The number of nitrogens with one attached hydrogen (secondary N) is 1. The smallest absolute Gasteiger partial charge is 0.273 e. The molecule has 0 amide bonds. The van der Waals surface area contributed by atoms with Crippen molar-refractivity contribution in [3.05, 3.63) is 39.9 Å². The number of para-hydroxylation sites is 1. The van der Waals surface area contributed by atoms with E-state index in [1.165, 1.54) is 19.3 Å². The Morgan fingerprint density at radius 1 is 1.38 bits per heavy atom. The molecule has 0 aromatic heterocycles. The summed E-state index contributed by atoms with van der Waals surface area (Å²) in [6.07, 6.45) is 4.81. The number of hydrogen-bond donors (Lipinski definition) is 1. The molecular weight excluding hydrogens is 266 g/mol. The van der Waals surface area contributed by atoms with Crippen molar-refractivity contribution in [2.45, 2.75) is 45.2 Å². The van der Waals surface area contributed by atoms with E-state index in [4.69, 9.17) is 0 Å². The summed E-state index contributed by atoms with van der Waals surface area (Å²) in [7, 11) is 0. The zero-order chi connectivity index (χ0) is 15.1. The minimum atomic E-state index is -0.279. The SMILES string of the molecule is CCCN(Cc1ccccc1[N+](=O)[O-])CC1CCCCN1. The van der Waals surface area contributed by atoms with Crippen molar-refractivity contribution in [2.75, 3.05) is 19.6 Å². The quantitative estimate of drug-likeness (QED) is 0.620. The van der Waals surface area contributed by atoms with Crippen LogP contribution in [0.4, 0.5) is 5.69 Å². The summed E-state index contributed by atoms with van der Waals surface area (Å²) in [5, 5.41) is 14.7. The lowest BCUT2D eigenvalue weighted by atomic mass is 10.0. The lowest BCUT2D eigenvalue weighted by Crippen LogP contribution is -2.43. The van der Waals surface area contributed by atoms with Gasteiger partial charge < -0.3 is 5.32 Å². The molecule has 1 saturated heterocycles. The molecule has 21 heavy (non-hydrogen) atoms. The highest BCUT2D eigenvalue weighted by Crippen LogP contribution is 2.20. The Balaban J connectivity index is 2.03. The van der Waals surface area contributed by atoms with Crippen LogP contribution in [0.2, 0.25) is 0 Å². The molecule has 0 radical (unpaired) electrons. The van der Waals surface area contributed by atoms with Crippen molar-refractivity contribution in [3.8, 4) is 0 Å². The van der Waals surface area contributed by atoms with Gasteiger partial charge in [0.25, 0.3) is 5.69 Å². The summed E-state index contributed by atoms with van der Waals surface area (Å²) >= 11 is 0. The zero-order valence-corrected chi connectivity index (χ0v) is 12.8. The maximum atomic E-state index is 11.1. The molecule has 2 rings (SSSR count). The second-order valence-corrected chi connectivity index (χ2v) is 5.77. The third kappa shape index (κ3) is 4.79. The third-order valence-corrected chi connectivity index (χ3v) is 4.01. The van der Waals surface area contributed by atoms with Crippen LogP contribution in [0, 0.1) is 10.1 Å².